The minimum Gasteiger partial charge on any atom is -0.398 e. The number of amides is 2. The molecule has 1 aliphatic heterocycles. The van der Waals surface area contributed by atoms with Gasteiger partial charge in [0.15, 0.2) is 0 Å². The quantitative estimate of drug-likeness (QED) is 0.676. The molecular formula is C14H18ClN3O2. The Labute approximate surface area is 123 Å². The van der Waals surface area contributed by atoms with Crippen molar-refractivity contribution in [3.8, 4) is 0 Å². The number of nitrogens with two attached hydrogens (primary N) is 1. The average molecular weight is 296 g/mol. The van der Waals surface area contributed by atoms with Crippen molar-refractivity contribution in [1.29, 1.82) is 0 Å². The van der Waals surface area contributed by atoms with E-state index in [2.05, 4.69) is 0 Å². The third kappa shape index (κ3) is 3.04. The molecule has 0 spiro atoms. The van der Waals surface area contributed by atoms with Crippen LogP contribution in [0, 0.1) is 0 Å². The SMILES string of the molecule is CCCN1CCN(Cc2ccc(Cl)c(N)c2)C(=O)C1=O. The molecule has 1 aliphatic rings. The lowest BCUT2D eigenvalue weighted by atomic mass is 10.1. The molecule has 0 unspecified atom stereocenters. The van der Waals surface area contributed by atoms with E-state index in [9.17, 15) is 9.59 Å². The monoisotopic (exact) mass is 295 g/mol. The van der Waals surface area contributed by atoms with Crippen LogP contribution in [0.1, 0.15) is 18.9 Å². The molecule has 0 aromatic heterocycles. The van der Waals surface area contributed by atoms with E-state index >= 15 is 0 Å². The molecule has 0 atom stereocenters. The summed E-state index contributed by atoms with van der Waals surface area (Å²) in [6, 6.07) is 5.25. The molecule has 1 saturated heterocycles. The third-order valence-electron chi connectivity index (χ3n) is 3.32. The van der Waals surface area contributed by atoms with Crippen LogP contribution in [0.4, 0.5) is 5.69 Å². The Morgan fingerprint density at radius 1 is 1.20 bits per heavy atom. The Morgan fingerprint density at radius 2 is 1.85 bits per heavy atom. The molecule has 2 N–H and O–H groups in total. The molecule has 1 fully saturated rings. The maximum absolute atomic E-state index is 12.0. The van der Waals surface area contributed by atoms with Crippen LogP contribution < -0.4 is 5.73 Å². The van der Waals surface area contributed by atoms with Crippen molar-refractivity contribution in [2.45, 2.75) is 19.9 Å². The maximum atomic E-state index is 12.0. The summed E-state index contributed by atoms with van der Waals surface area (Å²) in [5.41, 5.74) is 7.09. The standard InChI is InChI=1S/C14H18ClN3O2/c1-2-5-17-6-7-18(14(20)13(17)19)9-10-3-4-11(15)12(16)8-10/h3-4,8H,2,5-7,9,16H2,1H3. The molecule has 2 rings (SSSR count). The topological polar surface area (TPSA) is 66.6 Å². The summed E-state index contributed by atoms with van der Waals surface area (Å²) in [6.45, 7) is 4.13. The molecule has 2 amide bonds. The van der Waals surface area contributed by atoms with Crippen molar-refractivity contribution >= 4 is 29.1 Å². The Hall–Kier alpha value is -1.75. The number of hydrogen-bond acceptors (Lipinski definition) is 3. The Morgan fingerprint density at radius 3 is 2.50 bits per heavy atom. The summed E-state index contributed by atoms with van der Waals surface area (Å²) in [6.07, 6.45) is 0.854. The van der Waals surface area contributed by atoms with Crippen molar-refractivity contribution in [3.05, 3.63) is 28.8 Å². The fourth-order valence-corrected chi connectivity index (χ4v) is 2.38. The number of benzene rings is 1. The van der Waals surface area contributed by atoms with Gasteiger partial charge in [-0.2, -0.15) is 0 Å². The molecule has 0 aliphatic carbocycles. The molecule has 0 radical (unpaired) electrons. The van der Waals surface area contributed by atoms with E-state index in [0.29, 0.717) is 36.9 Å². The molecule has 1 aromatic carbocycles. The highest BCUT2D eigenvalue weighted by Crippen LogP contribution is 2.21. The van der Waals surface area contributed by atoms with Gasteiger partial charge < -0.3 is 15.5 Å². The first-order valence-corrected chi connectivity index (χ1v) is 7.02. The lowest BCUT2D eigenvalue weighted by Crippen LogP contribution is -2.53. The Balaban J connectivity index is 2.05. The van der Waals surface area contributed by atoms with Crippen LogP contribution in [0.3, 0.4) is 0 Å². The smallest absolute Gasteiger partial charge is 0.312 e. The van der Waals surface area contributed by atoms with Crippen LogP contribution in [0.15, 0.2) is 18.2 Å². The lowest BCUT2D eigenvalue weighted by Gasteiger charge is -2.33. The number of anilines is 1. The number of rotatable bonds is 4. The van der Waals surface area contributed by atoms with Crippen LogP contribution in [0.25, 0.3) is 0 Å². The number of carbonyl (C=O) groups excluding carboxylic acids is 2. The van der Waals surface area contributed by atoms with Crippen LogP contribution in [-0.2, 0) is 16.1 Å². The highest BCUT2D eigenvalue weighted by atomic mass is 35.5. The largest absolute Gasteiger partial charge is 0.398 e. The van der Waals surface area contributed by atoms with E-state index in [1.54, 1.807) is 21.9 Å². The zero-order chi connectivity index (χ0) is 14.7. The minimum atomic E-state index is -0.446. The van der Waals surface area contributed by atoms with Gasteiger partial charge in [0.2, 0.25) is 0 Å². The van der Waals surface area contributed by atoms with E-state index in [-0.39, 0.29) is 0 Å². The maximum Gasteiger partial charge on any atom is 0.312 e. The summed E-state index contributed by atoms with van der Waals surface area (Å²) >= 11 is 5.86. The van der Waals surface area contributed by atoms with Gasteiger partial charge in [-0.15, -0.1) is 0 Å². The highest BCUT2D eigenvalue weighted by molar-refractivity contribution is 6.35. The molecule has 0 bridgehead atoms. The van der Waals surface area contributed by atoms with Gasteiger partial charge in [-0.05, 0) is 24.1 Å². The Kier molecular flexibility index (Phi) is 4.49. The fourth-order valence-electron chi connectivity index (χ4n) is 2.26. The molecule has 5 nitrogen and oxygen atoms in total. The van der Waals surface area contributed by atoms with Gasteiger partial charge in [-0.25, -0.2) is 0 Å². The molecular weight excluding hydrogens is 278 g/mol. The van der Waals surface area contributed by atoms with E-state index in [0.717, 1.165) is 12.0 Å². The van der Waals surface area contributed by atoms with E-state index < -0.39 is 11.8 Å². The van der Waals surface area contributed by atoms with Crippen LogP contribution in [0.2, 0.25) is 5.02 Å². The zero-order valence-corrected chi connectivity index (χ0v) is 12.2. The normalized spacial score (nSPS) is 15.9. The molecule has 0 saturated carbocycles. The second-order valence-electron chi connectivity index (χ2n) is 4.87. The van der Waals surface area contributed by atoms with Crippen molar-refractivity contribution in [3.63, 3.8) is 0 Å². The van der Waals surface area contributed by atoms with E-state index in [4.69, 9.17) is 17.3 Å². The first-order valence-electron chi connectivity index (χ1n) is 6.65. The van der Waals surface area contributed by atoms with Gasteiger partial charge in [0.1, 0.15) is 0 Å². The van der Waals surface area contributed by atoms with Gasteiger partial charge >= 0.3 is 11.8 Å². The second-order valence-corrected chi connectivity index (χ2v) is 5.28. The van der Waals surface area contributed by atoms with Crippen LogP contribution >= 0.6 is 11.6 Å². The van der Waals surface area contributed by atoms with E-state index in [1.807, 2.05) is 13.0 Å². The van der Waals surface area contributed by atoms with Crippen molar-refractivity contribution < 1.29 is 9.59 Å². The summed E-state index contributed by atoms with van der Waals surface area (Å²) < 4.78 is 0. The predicted octanol–water partition coefficient (Wildman–Crippen LogP) is 1.50. The van der Waals surface area contributed by atoms with Crippen molar-refractivity contribution in [2.75, 3.05) is 25.4 Å². The number of nitrogen functional groups attached to an aromatic ring is 1. The second kappa shape index (κ2) is 6.13. The van der Waals surface area contributed by atoms with Gasteiger partial charge in [0.25, 0.3) is 0 Å². The minimum absolute atomic E-state index is 0.381. The fraction of sp³-hybridized carbons (Fsp3) is 0.429. The first-order chi connectivity index (χ1) is 9.52. The lowest BCUT2D eigenvalue weighted by molar-refractivity contribution is -0.156. The predicted molar refractivity (Wildman–Crippen MR) is 78.2 cm³/mol. The number of nitrogens with zero attached hydrogens (tertiary/aromatic N) is 2. The summed E-state index contributed by atoms with van der Waals surface area (Å²) in [4.78, 5) is 27.1. The molecule has 108 valence electrons. The Bertz CT molecular complexity index is 533. The average Bonchev–Trinajstić information content (AvgIpc) is 2.42. The number of halogens is 1. The molecule has 1 heterocycles. The molecule has 1 aromatic rings. The first kappa shape index (κ1) is 14.7. The summed E-state index contributed by atoms with van der Waals surface area (Å²) in [5.74, 6) is -0.863. The highest BCUT2D eigenvalue weighted by Gasteiger charge is 2.31. The van der Waals surface area contributed by atoms with E-state index in [1.165, 1.54) is 0 Å². The number of hydrogen-bond donors (Lipinski definition) is 1. The van der Waals surface area contributed by atoms with Gasteiger partial charge in [0, 0.05) is 26.2 Å². The number of piperazine rings is 1. The van der Waals surface area contributed by atoms with Crippen molar-refractivity contribution in [2.24, 2.45) is 0 Å². The van der Waals surface area contributed by atoms with Crippen molar-refractivity contribution in [1.82, 2.24) is 9.80 Å². The van der Waals surface area contributed by atoms with Gasteiger partial charge in [0.05, 0.1) is 10.7 Å². The van der Waals surface area contributed by atoms with Crippen LogP contribution in [-0.4, -0.2) is 41.2 Å². The van der Waals surface area contributed by atoms with Crippen LogP contribution in [0.5, 0.6) is 0 Å². The summed E-state index contributed by atoms with van der Waals surface area (Å²) in [7, 11) is 0. The van der Waals surface area contributed by atoms with Gasteiger partial charge in [-0.1, -0.05) is 24.6 Å². The third-order valence-corrected chi connectivity index (χ3v) is 3.67. The molecule has 20 heavy (non-hydrogen) atoms. The molecule has 6 heteroatoms. The van der Waals surface area contributed by atoms with Gasteiger partial charge in [-0.3, -0.25) is 9.59 Å². The summed E-state index contributed by atoms with van der Waals surface area (Å²) in [5, 5.41) is 0.490. The number of carbonyl (C=O) groups is 2. The zero-order valence-electron chi connectivity index (χ0n) is 11.4.